The molecule has 1 amide bonds. The van der Waals surface area contributed by atoms with Crippen LogP contribution in [0.15, 0.2) is 0 Å². The minimum absolute atomic E-state index is 0.188. The highest BCUT2D eigenvalue weighted by Gasteiger charge is 2.35. The summed E-state index contributed by atoms with van der Waals surface area (Å²) in [7, 11) is 0. The van der Waals surface area contributed by atoms with Gasteiger partial charge in [0.25, 0.3) is 0 Å². The Bertz CT molecular complexity index is 300. The number of primary amides is 1. The topological polar surface area (TPSA) is 67.2 Å². The maximum absolute atomic E-state index is 11.6. The van der Waals surface area contributed by atoms with Crippen molar-refractivity contribution in [1.82, 2.24) is 10.6 Å². The molecule has 1 heterocycles. The van der Waals surface area contributed by atoms with Gasteiger partial charge in [-0.25, -0.2) is 0 Å². The predicted octanol–water partition coefficient (Wildman–Crippen LogP) is 1.40. The Morgan fingerprint density at radius 3 is 2.53 bits per heavy atom. The first kappa shape index (κ1) is 14.8. The normalized spacial score (nSPS) is 33.5. The molecule has 4 heteroatoms. The average Bonchev–Trinajstić information content (AvgIpc) is 2.89. The molecular weight excluding hydrogens is 238 g/mol. The first-order valence-corrected chi connectivity index (χ1v) is 7.88. The number of nitrogens with two attached hydrogens (primary N) is 1. The summed E-state index contributed by atoms with van der Waals surface area (Å²) in [5, 5.41) is 7.20. The van der Waals surface area contributed by atoms with Crippen molar-refractivity contribution in [3.63, 3.8) is 0 Å². The van der Waals surface area contributed by atoms with Crippen LogP contribution in [0.4, 0.5) is 0 Å². The molecule has 2 aliphatic rings. The van der Waals surface area contributed by atoms with Gasteiger partial charge in [0.2, 0.25) is 5.91 Å². The molecule has 19 heavy (non-hydrogen) atoms. The van der Waals surface area contributed by atoms with Gasteiger partial charge >= 0.3 is 0 Å². The van der Waals surface area contributed by atoms with E-state index in [4.69, 9.17) is 5.73 Å². The average molecular weight is 267 g/mol. The van der Waals surface area contributed by atoms with Gasteiger partial charge in [0.15, 0.2) is 0 Å². The van der Waals surface area contributed by atoms with Crippen LogP contribution >= 0.6 is 0 Å². The highest BCUT2D eigenvalue weighted by atomic mass is 16.1. The molecule has 4 N–H and O–H groups in total. The zero-order chi connectivity index (χ0) is 13.8. The fourth-order valence-electron chi connectivity index (χ4n) is 3.76. The third-order valence-corrected chi connectivity index (χ3v) is 4.80. The van der Waals surface area contributed by atoms with E-state index < -0.39 is 0 Å². The van der Waals surface area contributed by atoms with Crippen LogP contribution in [0, 0.1) is 11.8 Å². The Balaban J connectivity index is 2.00. The molecule has 1 saturated heterocycles. The summed E-state index contributed by atoms with van der Waals surface area (Å²) in [5.74, 6) is 0.715. The molecule has 1 aliphatic carbocycles. The lowest BCUT2D eigenvalue weighted by Gasteiger charge is -2.38. The second kappa shape index (κ2) is 6.71. The van der Waals surface area contributed by atoms with Gasteiger partial charge in [-0.05, 0) is 44.1 Å². The van der Waals surface area contributed by atoms with Crippen LogP contribution in [0.1, 0.15) is 52.4 Å². The zero-order valence-corrected chi connectivity index (χ0v) is 12.3. The van der Waals surface area contributed by atoms with Gasteiger partial charge in [-0.3, -0.25) is 4.79 Å². The molecule has 2 rings (SSSR count). The maximum atomic E-state index is 11.6. The molecule has 0 bridgehead atoms. The van der Waals surface area contributed by atoms with Gasteiger partial charge in [0, 0.05) is 12.1 Å². The van der Waals surface area contributed by atoms with Gasteiger partial charge < -0.3 is 16.4 Å². The minimum Gasteiger partial charge on any atom is -0.368 e. The summed E-state index contributed by atoms with van der Waals surface area (Å²) in [5.41, 5.74) is 5.54. The first-order valence-electron chi connectivity index (χ1n) is 7.88. The van der Waals surface area contributed by atoms with Crippen LogP contribution in [-0.4, -0.2) is 30.6 Å². The summed E-state index contributed by atoms with van der Waals surface area (Å²) in [4.78, 5) is 11.6. The number of rotatable bonds is 5. The molecule has 1 aliphatic heterocycles. The molecule has 1 saturated carbocycles. The van der Waals surface area contributed by atoms with Crippen LogP contribution in [-0.2, 0) is 4.79 Å². The van der Waals surface area contributed by atoms with E-state index in [2.05, 4.69) is 24.5 Å². The second-order valence-corrected chi connectivity index (χ2v) is 6.55. The Kier molecular flexibility index (Phi) is 5.22. The molecule has 4 nitrogen and oxygen atoms in total. The number of hydrogen-bond acceptors (Lipinski definition) is 3. The van der Waals surface area contributed by atoms with Gasteiger partial charge in [-0.15, -0.1) is 0 Å². The number of nitrogens with one attached hydrogen (secondary N) is 2. The lowest BCUT2D eigenvalue weighted by atomic mass is 9.78. The lowest BCUT2D eigenvalue weighted by molar-refractivity contribution is -0.121. The van der Waals surface area contributed by atoms with Gasteiger partial charge in [0.05, 0.1) is 6.04 Å². The van der Waals surface area contributed by atoms with Gasteiger partial charge in [-0.2, -0.15) is 0 Å². The highest BCUT2D eigenvalue weighted by molar-refractivity contribution is 5.80. The Hall–Kier alpha value is -0.610. The molecule has 0 radical (unpaired) electrons. The number of carbonyl (C=O) groups excluding carboxylic acids is 1. The maximum Gasteiger partial charge on any atom is 0.234 e. The molecule has 110 valence electrons. The van der Waals surface area contributed by atoms with E-state index in [1.165, 1.54) is 38.5 Å². The molecule has 0 aromatic carbocycles. The third kappa shape index (κ3) is 3.69. The van der Waals surface area contributed by atoms with Crippen LogP contribution in [0.25, 0.3) is 0 Å². The summed E-state index contributed by atoms with van der Waals surface area (Å²) in [6.45, 7) is 5.28. The van der Waals surface area contributed by atoms with Crippen LogP contribution in [0.3, 0.4) is 0 Å². The summed E-state index contributed by atoms with van der Waals surface area (Å²) >= 11 is 0. The highest BCUT2D eigenvalue weighted by Crippen LogP contribution is 2.31. The molecule has 4 unspecified atom stereocenters. The van der Waals surface area contributed by atoms with Crippen molar-refractivity contribution in [1.29, 1.82) is 0 Å². The minimum atomic E-state index is -0.210. The largest absolute Gasteiger partial charge is 0.368 e. The molecule has 2 fully saturated rings. The predicted molar refractivity (Wildman–Crippen MR) is 77.7 cm³/mol. The van der Waals surface area contributed by atoms with Crippen LogP contribution < -0.4 is 16.4 Å². The van der Waals surface area contributed by atoms with Crippen molar-refractivity contribution < 1.29 is 4.79 Å². The first-order chi connectivity index (χ1) is 9.09. The Morgan fingerprint density at radius 1 is 1.21 bits per heavy atom. The van der Waals surface area contributed by atoms with Crippen molar-refractivity contribution in [3.8, 4) is 0 Å². The third-order valence-electron chi connectivity index (χ3n) is 4.80. The number of carbonyl (C=O) groups is 1. The monoisotopic (exact) mass is 267 g/mol. The van der Waals surface area contributed by atoms with Gasteiger partial charge in [-0.1, -0.05) is 26.7 Å². The quantitative estimate of drug-likeness (QED) is 0.705. The number of hydrogen-bond donors (Lipinski definition) is 3. The lowest BCUT2D eigenvalue weighted by Crippen LogP contribution is -2.55. The molecule has 0 spiro atoms. The molecule has 4 atom stereocenters. The summed E-state index contributed by atoms with van der Waals surface area (Å²) in [6.07, 6.45) is 7.62. The standard InChI is InChI=1S/C15H29N3O/c1-10(2)14(15(16)19)18-13-7-4-3-6-11(13)12-8-5-9-17-12/h10-14,17-18H,3-9H2,1-2H3,(H2,16,19). The zero-order valence-electron chi connectivity index (χ0n) is 12.3. The van der Waals surface area contributed by atoms with Gasteiger partial charge in [0.1, 0.15) is 0 Å². The van der Waals surface area contributed by atoms with Crippen molar-refractivity contribution in [2.75, 3.05) is 6.54 Å². The van der Waals surface area contributed by atoms with E-state index in [9.17, 15) is 4.79 Å². The van der Waals surface area contributed by atoms with Crippen molar-refractivity contribution in [2.24, 2.45) is 17.6 Å². The van der Waals surface area contributed by atoms with Crippen molar-refractivity contribution >= 4 is 5.91 Å². The Labute approximate surface area is 116 Å². The van der Waals surface area contributed by atoms with E-state index in [1.54, 1.807) is 0 Å². The van der Waals surface area contributed by atoms with Crippen LogP contribution in [0.2, 0.25) is 0 Å². The molecule has 0 aromatic heterocycles. The van der Waals surface area contributed by atoms with Crippen molar-refractivity contribution in [3.05, 3.63) is 0 Å². The van der Waals surface area contributed by atoms with E-state index in [-0.39, 0.29) is 17.9 Å². The van der Waals surface area contributed by atoms with E-state index in [0.717, 1.165) is 6.54 Å². The summed E-state index contributed by atoms with van der Waals surface area (Å²) in [6, 6.07) is 0.898. The van der Waals surface area contributed by atoms with Crippen LogP contribution in [0.5, 0.6) is 0 Å². The fourth-order valence-corrected chi connectivity index (χ4v) is 3.76. The smallest absolute Gasteiger partial charge is 0.234 e. The Morgan fingerprint density at radius 2 is 1.95 bits per heavy atom. The molecular formula is C15H29N3O. The van der Waals surface area contributed by atoms with E-state index in [0.29, 0.717) is 18.0 Å². The molecule has 0 aromatic rings. The number of amides is 1. The SMILES string of the molecule is CC(C)C(NC1CCCCC1C1CCCN1)C(N)=O. The van der Waals surface area contributed by atoms with E-state index in [1.807, 2.05) is 0 Å². The summed E-state index contributed by atoms with van der Waals surface area (Å²) < 4.78 is 0. The fraction of sp³-hybridized carbons (Fsp3) is 0.933. The van der Waals surface area contributed by atoms with Crippen molar-refractivity contribution in [2.45, 2.75) is 70.5 Å². The second-order valence-electron chi connectivity index (χ2n) is 6.55. The van der Waals surface area contributed by atoms with E-state index >= 15 is 0 Å².